The lowest BCUT2D eigenvalue weighted by Crippen LogP contribution is -2.06. The van der Waals surface area contributed by atoms with Gasteiger partial charge in [0.25, 0.3) is 0 Å². The van der Waals surface area contributed by atoms with Crippen LogP contribution in [0.2, 0.25) is 0 Å². The first kappa shape index (κ1) is 27.2. The number of halogens is 3. The molecule has 0 bridgehead atoms. The van der Waals surface area contributed by atoms with Gasteiger partial charge >= 0.3 is 6.18 Å². The Balaban J connectivity index is 2.07. The van der Waals surface area contributed by atoms with Gasteiger partial charge in [0.05, 0.1) is 0 Å². The lowest BCUT2D eigenvalue weighted by molar-refractivity contribution is -0.133. The summed E-state index contributed by atoms with van der Waals surface area (Å²) >= 11 is 0. The highest BCUT2D eigenvalue weighted by Crippen LogP contribution is 2.25. The molecule has 0 N–H and O–H groups in total. The molecule has 0 amide bonds. The molecule has 0 spiro atoms. The van der Waals surface area contributed by atoms with Crippen LogP contribution in [-0.2, 0) is 0 Å². The Labute approximate surface area is 202 Å². The minimum atomic E-state index is -4.19. The van der Waals surface area contributed by atoms with Gasteiger partial charge in [0.15, 0.2) is 0 Å². The van der Waals surface area contributed by atoms with Crippen LogP contribution in [0.4, 0.5) is 13.2 Å². The molecule has 0 atom stereocenters. The Hall–Kier alpha value is -3.07. The fourth-order valence-corrected chi connectivity index (χ4v) is 3.25. The summed E-state index contributed by atoms with van der Waals surface area (Å²) in [7, 11) is 0. The molecule has 0 aliphatic carbocycles. The van der Waals surface area contributed by atoms with E-state index in [9.17, 15) is 13.2 Å². The minimum absolute atomic E-state index is 0.0705. The number of allylic oxidation sites excluding steroid dienone is 7. The smallest absolute Gasteiger partial charge is 0.171 e. The zero-order valence-electron chi connectivity index (χ0n) is 20.6. The monoisotopic (exact) mass is 464 g/mol. The van der Waals surface area contributed by atoms with Crippen molar-refractivity contribution < 1.29 is 13.2 Å². The second-order valence-corrected chi connectivity index (χ2v) is 9.10. The van der Waals surface area contributed by atoms with Gasteiger partial charge in [-0.25, -0.2) is 0 Å². The third-order valence-electron chi connectivity index (χ3n) is 5.50. The van der Waals surface area contributed by atoms with E-state index in [2.05, 4.69) is 70.7 Å². The lowest BCUT2D eigenvalue weighted by atomic mass is 10.0. The molecule has 0 aliphatic rings. The third-order valence-corrected chi connectivity index (χ3v) is 5.50. The van der Waals surface area contributed by atoms with E-state index >= 15 is 0 Å². The Kier molecular flexibility index (Phi) is 10.4. The van der Waals surface area contributed by atoms with Gasteiger partial charge in [-0.15, -0.1) is 0 Å². The zero-order chi connectivity index (χ0) is 25.1. The van der Waals surface area contributed by atoms with Crippen LogP contribution in [0.25, 0.3) is 12.2 Å². The topological polar surface area (TPSA) is 0 Å². The maximum Gasteiger partial charge on any atom is 0.389 e. The standard InChI is InChI=1S/C31H35F3/c1-23(2)29-17-13-27(14-18-29)10-9-25(5)7-6-8-26(21-22-31(32,33)34)11-12-28-15-19-30(20-16-28)24(3)4/h6-20,23-24H,5,21-22H2,1-4H3/b7-6-,10-9+,12-11+,26-8-. The van der Waals surface area contributed by atoms with E-state index in [0.29, 0.717) is 17.4 Å². The summed E-state index contributed by atoms with van der Waals surface area (Å²) in [6.45, 7) is 12.6. The van der Waals surface area contributed by atoms with Crippen LogP contribution in [0.3, 0.4) is 0 Å². The van der Waals surface area contributed by atoms with Gasteiger partial charge in [0.1, 0.15) is 0 Å². The SMILES string of the molecule is C=C(\C=C/C=C(/C=C/c1ccc(C(C)C)cc1)CCC(F)(F)F)/C=C/c1ccc(C(C)C)cc1. The van der Waals surface area contributed by atoms with Gasteiger partial charge in [-0.2, -0.15) is 13.2 Å². The van der Waals surface area contributed by atoms with Crippen LogP contribution in [0, 0.1) is 0 Å². The van der Waals surface area contributed by atoms with Crippen molar-refractivity contribution in [3.05, 3.63) is 119 Å². The lowest BCUT2D eigenvalue weighted by Gasteiger charge is -2.07. The van der Waals surface area contributed by atoms with Gasteiger partial charge in [-0.05, 0) is 51.7 Å². The van der Waals surface area contributed by atoms with Gasteiger partial charge in [0, 0.05) is 6.42 Å². The fraction of sp³-hybridized carbons (Fsp3) is 0.290. The molecule has 0 aliphatic heterocycles. The highest BCUT2D eigenvalue weighted by molar-refractivity contribution is 5.56. The molecule has 0 radical (unpaired) electrons. The maximum atomic E-state index is 12.8. The normalized spacial score (nSPS) is 13.3. The van der Waals surface area contributed by atoms with Crippen LogP contribution < -0.4 is 0 Å². The van der Waals surface area contributed by atoms with Gasteiger partial charge < -0.3 is 0 Å². The molecule has 0 saturated heterocycles. The third kappa shape index (κ3) is 10.2. The van der Waals surface area contributed by atoms with Gasteiger partial charge in [-0.3, -0.25) is 0 Å². The van der Waals surface area contributed by atoms with E-state index in [4.69, 9.17) is 0 Å². The maximum absolute atomic E-state index is 12.8. The first-order chi connectivity index (χ1) is 16.0. The molecule has 34 heavy (non-hydrogen) atoms. The predicted octanol–water partition coefficient (Wildman–Crippen LogP) is 10.0. The van der Waals surface area contributed by atoms with Gasteiger partial charge in [-0.1, -0.05) is 125 Å². The van der Waals surface area contributed by atoms with Crippen molar-refractivity contribution >= 4 is 12.2 Å². The molecule has 180 valence electrons. The Bertz CT molecular complexity index is 1030. The van der Waals surface area contributed by atoms with Gasteiger partial charge in [0.2, 0.25) is 0 Å². The largest absolute Gasteiger partial charge is 0.389 e. The van der Waals surface area contributed by atoms with Crippen LogP contribution in [0.15, 0.2) is 96.6 Å². The summed E-state index contributed by atoms with van der Waals surface area (Å²) in [5, 5.41) is 0. The van der Waals surface area contributed by atoms with E-state index in [-0.39, 0.29) is 6.42 Å². The van der Waals surface area contributed by atoms with Crippen molar-refractivity contribution in [2.24, 2.45) is 0 Å². The van der Waals surface area contributed by atoms with Crippen molar-refractivity contribution in [3.8, 4) is 0 Å². The molecular formula is C31H35F3. The summed E-state index contributed by atoms with van der Waals surface area (Å²) in [6, 6.07) is 16.4. The number of hydrogen-bond donors (Lipinski definition) is 0. The number of rotatable bonds is 10. The molecule has 0 unspecified atom stereocenters. The molecule has 0 aromatic heterocycles. The summed E-state index contributed by atoms with van der Waals surface area (Å²) in [4.78, 5) is 0. The summed E-state index contributed by atoms with van der Waals surface area (Å²) < 4.78 is 38.4. The van der Waals surface area contributed by atoms with Crippen molar-refractivity contribution in [2.75, 3.05) is 0 Å². The predicted molar refractivity (Wildman–Crippen MR) is 141 cm³/mol. The average Bonchev–Trinajstić information content (AvgIpc) is 2.79. The number of alkyl halides is 3. The van der Waals surface area contributed by atoms with Crippen LogP contribution in [-0.4, -0.2) is 6.18 Å². The molecule has 2 aromatic carbocycles. The second kappa shape index (κ2) is 13.0. The van der Waals surface area contributed by atoms with E-state index in [1.54, 1.807) is 24.3 Å². The van der Waals surface area contributed by atoms with E-state index in [1.165, 1.54) is 11.1 Å². The fourth-order valence-electron chi connectivity index (χ4n) is 3.25. The quantitative estimate of drug-likeness (QED) is 0.307. The number of hydrogen-bond acceptors (Lipinski definition) is 0. The van der Waals surface area contributed by atoms with Crippen molar-refractivity contribution in [1.82, 2.24) is 0 Å². The van der Waals surface area contributed by atoms with E-state index in [1.807, 2.05) is 30.4 Å². The second-order valence-electron chi connectivity index (χ2n) is 9.10. The Morgan fingerprint density at radius 1 is 0.765 bits per heavy atom. The average molecular weight is 465 g/mol. The molecule has 0 saturated carbocycles. The summed E-state index contributed by atoms with van der Waals surface area (Å²) in [5.41, 5.74) is 5.94. The summed E-state index contributed by atoms with van der Waals surface area (Å²) in [6.07, 6.45) is 7.67. The molecule has 2 rings (SSSR count). The highest BCUT2D eigenvalue weighted by Gasteiger charge is 2.26. The summed E-state index contributed by atoms with van der Waals surface area (Å²) in [5.74, 6) is 0.926. The first-order valence-electron chi connectivity index (χ1n) is 11.7. The van der Waals surface area contributed by atoms with Crippen LogP contribution in [0.1, 0.15) is 74.6 Å². The molecule has 0 heterocycles. The highest BCUT2D eigenvalue weighted by atomic mass is 19.4. The van der Waals surface area contributed by atoms with E-state index < -0.39 is 12.6 Å². The number of benzene rings is 2. The minimum Gasteiger partial charge on any atom is -0.171 e. The molecule has 2 aromatic rings. The van der Waals surface area contributed by atoms with Crippen molar-refractivity contribution in [1.29, 1.82) is 0 Å². The van der Waals surface area contributed by atoms with Crippen LogP contribution in [0.5, 0.6) is 0 Å². The molecule has 0 nitrogen and oxygen atoms in total. The zero-order valence-corrected chi connectivity index (χ0v) is 20.6. The Morgan fingerprint density at radius 2 is 1.24 bits per heavy atom. The molecule has 3 heteroatoms. The molecular weight excluding hydrogens is 429 g/mol. The van der Waals surface area contributed by atoms with Crippen molar-refractivity contribution in [2.45, 2.75) is 58.5 Å². The van der Waals surface area contributed by atoms with Crippen LogP contribution >= 0.6 is 0 Å². The van der Waals surface area contributed by atoms with Crippen molar-refractivity contribution in [3.63, 3.8) is 0 Å². The Morgan fingerprint density at radius 3 is 1.68 bits per heavy atom. The first-order valence-corrected chi connectivity index (χ1v) is 11.7. The van der Waals surface area contributed by atoms with E-state index in [0.717, 1.165) is 16.7 Å². The molecule has 0 fully saturated rings.